The first-order valence-electron chi connectivity index (χ1n) is 15.9. The Morgan fingerprint density at radius 1 is 0.750 bits per heavy atom. The van der Waals surface area contributed by atoms with Crippen LogP contribution in [0.1, 0.15) is 34.0 Å². The van der Waals surface area contributed by atoms with Gasteiger partial charge in [-0.2, -0.15) is 0 Å². The Kier molecular flexibility index (Phi) is 7.52. The number of nitrogens with zero attached hydrogens (tertiary/aromatic N) is 2. The fourth-order valence-electron chi connectivity index (χ4n) is 7.11. The molecule has 1 aromatic heterocycles. The molecule has 4 aromatic carbocycles. The van der Waals surface area contributed by atoms with E-state index < -0.39 is 0 Å². The van der Waals surface area contributed by atoms with Crippen molar-refractivity contribution in [2.45, 2.75) is 25.3 Å². The highest BCUT2D eigenvalue weighted by atomic mass is 16.7. The van der Waals surface area contributed by atoms with E-state index in [0.29, 0.717) is 70.3 Å². The van der Waals surface area contributed by atoms with Crippen LogP contribution in [-0.2, 0) is 19.3 Å². The van der Waals surface area contributed by atoms with Crippen LogP contribution in [0, 0.1) is 0 Å². The van der Waals surface area contributed by atoms with Gasteiger partial charge in [0.2, 0.25) is 24.0 Å². The average Bonchev–Trinajstić information content (AvgIpc) is 3.60. The van der Waals surface area contributed by atoms with Crippen LogP contribution >= 0.6 is 0 Å². The van der Waals surface area contributed by atoms with Crippen molar-refractivity contribution in [2.75, 3.05) is 48.8 Å². The lowest BCUT2D eigenvalue weighted by Gasteiger charge is -2.36. The molecule has 1 atom stereocenters. The molecule has 5 heterocycles. The predicted molar refractivity (Wildman–Crippen MR) is 179 cm³/mol. The molecule has 0 saturated carbocycles. The van der Waals surface area contributed by atoms with Gasteiger partial charge in [0.15, 0.2) is 34.5 Å². The van der Waals surface area contributed by atoms with Gasteiger partial charge >= 0.3 is 0 Å². The van der Waals surface area contributed by atoms with Crippen LogP contribution in [0.15, 0.2) is 60.8 Å². The summed E-state index contributed by atoms with van der Waals surface area (Å²) < 4.78 is 49.2. The highest BCUT2D eigenvalue weighted by Crippen LogP contribution is 2.57. The van der Waals surface area contributed by atoms with Gasteiger partial charge in [-0.05, 0) is 73.0 Å². The van der Waals surface area contributed by atoms with Crippen molar-refractivity contribution in [3.05, 3.63) is 88.7 Å². The van der Waals surface area contributed by atoms with Crippen molar-refractivity contribution < 1.29 is 37.9 Å². The third-order valence-corrected chi connectivity index (χ3v) is 9.48. The number of fused-ring (bicyclic) bond motifs is 3. The average molecular weight is 649 g/mol. The first kappa shape index (κ1) is 30.0. The summed E-state index contributed by atoms with van der Waals surface area (Å²) in [5.41, 5.74) is 5.06. The lowest BCUT2D eigenvalue weighted by molar-refractivity contribution is 0.169. The summed E-state index contributed by atoms with van der Waals surface area (Å²) in [6.45, 7) is 0.843. The number of pyridine rings is 1. The van der Waals surface area contributed by atoms with E-state index in [9.17, 15) is 0 Å². The van der Waals surface area contributed by atoms with E-state index in [1.54, 1.807) is 34.6 Å². The smallest absolute Gasteiger partial charge is 0.231 e. The Labute approximate surface area is 278 Å². The molecule has 9 rings (SSSR count). The molecular formula is C38H36N2O8. The zero-order chi connectivity index (χ0) is 32.9. The van der Waals surface area contributed by atoms with Crippen molar-refractivity contribution in [2.24, 2.45) is 0 Å². The highest BCUT2D eigenvalue weighted by molar-refractivity contribution is 6.01. The molecule has 8 bridgehead atoms. The summed E-state index contributed by atoms with van der Waals surface area (Å²) >= 11 is 0. The van der Waals surface area contributed by atoms with Gasteiger partial charge in [-0.3, -0.25) is 9.88 Å². The molecule has 0 saturated heterocycles. The van der Waals surface area contributed by atoms with Crippen molar-refractivity contribution in [1.82, 2.24) is 9.88 Å². The number of ether oxygens (including phenoxy) is 8. The lowest BCUT2D eigenvalue weighted by Crippen LogP contribution is -2.33. The topological polar surface area (TPSA) is 90.0 Å². The van der Waals surface area contributed by atoms with Crippen molar-refractivity contribution >= 4 is 10.8 Å². The van der Waals surface area contributed by atoms with Gasteiger partial charge in [0.05, 0.1) is 39.5 Å². The minimum atomic E-state index is 0.00505. The minimum Gasteiger partial charge on any atom is -0.493 e. The zero-order valence-corrected chi connectivity index (χ0v) is 27.5. The first-order valence-corrected chi connectivity index (χ1v) is 15.9. The second kappa shape index (κ2) is 12.0. The van der Waals surface area contributed by atoms with Crippen molar-refractivity contribution in [3.63, 3.8) is 0 Å². The molecule has 0 aliphatic carbocycles. The summed E-state index contributed by atoms with van der Waals surface area (Å²) in [5.74, 6) is 5.69. The van der Waals surface area contributed by atoms with Crippen LogP contribution in [0.4, 0.5) is 0 Å². The molecule has 246 valence electrons. The maximum absolute atomic E-state index is 7.11. The molecule has 10 heteroatoms. The van der Waals surface area contributed by atoms with E-state index in [1.165, 1.54) is 0 Å². The van der Waals surface area contributed by atoms with Crippen LogP contribution < -0.4 is 37.9 Å². The zero-order valence-electron chi connectivity index (χ0n) is 27.5. The Bertz CT molecular complexity index is 2040. The Balaban J connectivity index is 1.43. The third kappa shape index (κ3) is 4.86. The Morgan fingerprint density at radius 3 is 2.29 bits per heavy atom. The normalized spacial score (nSPS) is 16.4. The molecule has 0 unspecified atom stereocenters. The molecule has 0 spiro atoms. The molecule has 5 aromatic rings. The largest absolute Gasteiger partial charge is 0.493 e. The van der Waals surface area contributed by atoms with Crippen LogP contribution in [0.2, 0.25) is 0 Å². The quantitative estimate of drug-likeness (QED) is 0.198. The van der Waals surface area contributed by atoms with Gasteiger partial charge in [0.1, 0.15) is 5.75 Å². The van der Waals surface area contributed by atoms with Crippen molar-refractivity contribution in [3.8, 4) is 57.5 Å². The number of rotatable bonds is 4. The van der Waals surface area contributed by atoms with Gasteiger partial charge in [-0.25, -0.2) is 0 Å². The van der Waals surface area contributed by atoms with Gasteiger partial charge in [-0.1, -0.05) is 18.2 Å². The summed E-state index contributed by atoms with van der Waals surface area (Å²) in [4.78, 5) is 7.23. The Morgan fingerprint density at radius 2 is 1.52 bits per heavy atom. The van der Waals surface area contributed by atoms with Crippen LogP contribution in [-0.4, -0.2) is 58.7 Å². The van der Waals surface area contributed by atoms with Crippen LogP contribution in [0.25, 0.3) is 10.8 Å². The summed E-state index contributed by atoms with van der Waals surface area (Å²) in [6, 6.07) is 18.1. The number of aromatic nitrogens is 1. The number of hydrogen-bond donors (Lipinski definition) is 0. The molecule has 10 nitrogen and oxygen atoms in total. The second-order valence-electron chi connectivity index (χ2n) is 12.1. The lowest BCUT2D eigenvalue weighted by atomic mass is 9.87. The molecule has 4 aliphatic heterocycles. The van der Waals surface area contributed by atoms with E-state index in [1.807, 2.05) is 36.4 Å². The van der Waals surface area contributed by atoms with E-state index in [2.05, 4.69) is 30.1 Å². The van der Waals surface area contributed by atoms with E-state index in [4.69, 9.17) is 42.9 Å². The number of methoxy groups -OCH3 is 4. The van der Waals surface area contributed by atoms with Gasteiger partial charge < -0.3 is 37.9 Å². The SMILES string of the molecule is COc1ccc2cc1Oc1ccc(cc1)Cc1nccc3c(OC)c4c(c(c13)Oc1c3c(cc(OC)c1OC)[C@H](C2)N(C)CC3)OCO4. The van der Waals surface area contributed by atoms with Crippen LogP contribution in [0.3, 0.4) is 0 Å². The van der Waals surface area contributed by atoms with Gasteiger partial charge in [-0.15, -0.1) is 0 Å². The fourth-order valence-corrected chi connectivity index (χ4v) is 7.11. The molecule has 0 amide bonds. The predicted octanol–water partition coefficient (Wildman–Crippen LogP) is 7.26. The van der Waals surface area contributed by atoms with E-state index in [0.717, 1.165) is 51.7 Å². The molecule has 0 radical (unpaired) electrons. The van der Waals surface area contributed by atoms with Gasteiger partial charge in [0.25, 0.3) is 0 Å². The maximum atomic E-state index is 7.11. The second-order valence-corrected chi connectivity index (χ2v) is 12.1. The minimum absolute atomic E-state index is 0.00505. The summed E-state index contributed by atoms with van der Waals surface area (Å²) in [7, 11) is 8.71. The standard InChI is InChI=1S/C38H36N2O8/c1-40-15-13-24-26-19-31(42-3)35(44-5)34(24)48-36-32-25(33(43-4)37-38(36)46-20-45-37)12-14-39-27(32)16-21-6-9-23(10-7-21)47-30-18-22(17-28(26)40)8-11-29(30)41-2/h6-12,14,18-19,28H,13,15-17,20H2,1-5H3/t28-/m0/s1. The van der Waals surface area contributed by atoms with Crippen molar-refractivity contribution in [1.29, 1.82) is 0 Å². The first-order chi connectivity index (χ1) is 23.5. The van der Waals surface area contributed by atoms with E-state index in [-0.39, 0.29) is 12.8 Å². The monoisotopic (exact) mass is 648 g/mol. The molecule has 48 heavy (non-hydrogen) atoms. The van der Waals surface area contributed by atoms with E-state index >= 15 is 0 Å². The third-order valence-electron chi connectivity index (χ3n) is 9.48. The fraction of sp³-hybridized carbons (Fsp3) is 0.289. The number of likely N-dealkylation sites (N-methyl/N-ethyl adjacent to an activating group) is 1. The highest BCUT2D eigenvalue weighted by Gasteiger charge is 2.35. The summed E-state index contributed by atoms with van der Waals surface area (Å²) in [5, 5.41) is 1.57. The molecule has 0 N–H and O–H groups in total. The molecule has 0 fully saturated rings. The maximum Gasteiger partial charge on any atom is 0.231 e. The Hall–Kier alpha value is -5.35. The molecular weight excluding hydrogens is 612 g/mol. The van der Waals surface area contributed by atoms with Crippen LogP contribution in [0.5, 0.6) is 57.5 Å². The molecule has 4 aliphatic rings. The number of benzene rings is 4. The summed E-state index contributed by atoms with van der Waals surface area (Å²) in [6.07, 6.45) is 3.74. The van der Waals surface area contributed by atoms with Gasteiger partial charge in [0, 0.05) is 36.2 Å². The number of hydrogen-bond acceptors (Lipinski definition) is 10.